The van der Waals surface area contributed by atoms with Crippen LogP contribution in [0, 0.1) is 27.2 Å². The minimum absolute atomic E-state index is 0.0544. The van der Waals surface area contributed by atoms with Crippen LogP contribution in [-0.4, -0.2) is 9.85 Å². The lowest BCUT2D eigenvalue weighted by molar-refractivity contribution is -0.394. The summed E-state index contributed by atoms with van der Waals surface area (Å²) in [5, 5.41) is 25.3. The van der Waals surface area contributed by atoms with Gasteiger partial charge in [0.15, 0.2) is 0 Å². The van der Waals surface area contributed by atoms with Crippen molar-refractivity contribution in [2.75, 3.05) is 5.32 Å². The molecule has 8 nitrogen and oxygen atoms in total. The van der Waals surface area contributed by atoms with E-state index in [1.165, 1.54) is 17.7 Å². The fraction of sp³-hybridized carbons (Fsp3) is 0.100. The Hall–Kier alpha value is -3.94. The predicted octanol–water partition coefficient (Wildman–Crippen LogP) is 5.22. The number of benzene rings is 3. The maximum atomic E-state index is 11.2. The van der Waals surface area contributed by atoms with Crippen LogP contribution < -0.4 is 10.1 Å². The summed E-state index contributed by atoms with van der Waals surface area (Å²) in [6, 6.07) is 18.4. The normalized spacial score (nSPS) is 10.3. The summed E-state index contributed by atoms with van der Waals surface area (Å²) in [6.45, 7) is 2.64. The molecule has 0 bridgehead atoms. The van der Waals surface area contributed by atoms with Gasteiger partial charge in [0.1, 0.15) is 5.75 Å². The quantitative estimate of drug-likeness (QED) is 0.446. The van der Waals surface area contributed by atoms with E-state index < -0.39 is 15.5 Å². The fourth-order valence-electron chi connectivity index (χ4n) is 2.61. The van der Waals surface area contributed by atoms with E-state index in [-0.39, 0.29) is 11.4 Å². The van der Waals surface area contributed by atoms with Gasteiger partial charge in [0.25, 0.3) is 5.69 Å². The SMILES string of the molecule is Cc1cccc(NCc2ccc(Oc3ccc([N+](=O)[O-])cc3[N+](=O)[O-])cc2)c1. The molecule has 8 heteroatoms. The summed E-state index contributed by atoms with van der Waals surface area (Å²) in [4.78, 5) is 20.6. The minimum atomic E-state index is -0.706. The van der Waals surface area contributed by atoms with Crippen molar-refractivity contribution in [3.8, 4) is 11.5 Å². The van der Waals surface area contributed by atoms with Crippen molar-refractivity contribution in [3.63, 3.8) is 0 Å². The molecule has 0 saturated heterocycles. The van der Waals surface area contributed by atoms with Crippen LogP contribution in [0.3, 0.4) is 0 Å². The Morgan fingerprint density at radius 3 is 2.32 bits per heavy atom. The molecule has 0 aromatic heterocycles. The van der Waals surface area contributed by atoms with Crippen LogP contribution in [0.2, 0.25) is 0 Å². The van der Waals surface area contributed by atoms with Gasteiger partial charge >= 0.3 is 5.69 Å². The third-order valence-electron chi connectivity index (χ3n) is 4.02. The second-order valence-electron chi connectivity index (χ2n) is 6.14. The van der Waals surface area contributed by atoms with Gasteiger partial charge in [-0.1, -0.05) is 24.3 Å². The van der Waals surface area contributed by atoms with E-state index in [9.17, 15) is 20.2 Å². The van der Waals surface area contributed by atoms with Crippen molar-refractivity contribution < 1.29 is 14.6 Å². The molecule has 28 heavy (non-hydrogen) atoms. The molecule has 3 rings (SSSR count). The zero-order chi connectivity index (χ0) is 20.1. The summed E-state index contributed by atoms with van der Waals surface area (Å²) < 4.78 is 5.55. The molecule has 0 heterocycles. The van der Waals surface area contributed by atoms with Crippen molar-refractivity contribution >= 4 is 17.1 Å². The maximum Gasteiger partial charge on any atom is 0.318 e. The van der Waals surface area contributed by atoms with Gasteiger partial charge in [-0.05, 0) is 48.4 Å². The van der Waals surface area contributed by atoms with E-state index >= 15 is 0 Å². The van der Waals surface area contributed by atoms with Crippen LogP contribution in [-0.2, 0) is 6.54 Å². The highest BCUT2D eigenvalue weighted by molar-refractivity contribution is 5.55. The van der Waals surface area contributed by atoms with Crippen LogP contribution in [0.4, 0.5) is 17.1 Å². The number of ether oxygens (including phenoxy) is 1. The topological polar surface area (TPSA) is 108 Å². The van der Waals surface area contributed by atoms with Crippen molar-refractivity contribution in [1.29, 1.82) is 0 Å². The van der Waals surface area contributed by atoms with E-state index in [4.69, 9.17) is 4.74 Å². The Morgan fingerprint density at radius 1 is 0.929 bits per heavy atom. The molecule has 0 atom stereocenters. The van der Waals surface area contributed by atoms with Gasteiger partial charge in [-0.15, -0.1) is 0 Å². The van der Waals surface area contributed by atoms with E-state index in [0.29, 0.717) is 12.3 Å². The van der Waals surface area contributed by atoms with Crippen LogP contribution in [0.1, 0.15) is 11.1 Å². The number of anilines is 1. The average molecular weight is 379 g/mol. The highest BCUT2D eigenvalue weighted by Crippen LogP contribution is 2.34. The first kappa shape index (κ1) is 18.8. The first-order chi connectivity index (χ1) is 13.4. The highest BCUT2D eigenvalue weighted by atomic mass is 16.6. The standard InChI is InChI=1S/C20H17N3O5/c1-14-3-2-4-16(11-14)21-13-15-5-8-18(9-6-15)28-20-10-7-17(22(24)25)12-19(20)23(26)27/h2-12,21H,13H2,1H3. The minimum Gasteiger partial charge on any atom is -0.450 e. The second-order valence-corrected chi connectivity index (χ2v) is 6.14. The van der Waals surface area contributed by atoms with Gasteiger partial charge in [-0.2, -0.15) is 0 Å². The molecule has 0 spiro atoms. The summed E-state index contributed by atoms with van der Waals surface area (Å²) >= 11 is 0. The van der Waals surface area contributed by atoms with Gasteiger partial charge in [0, 0.05) is 18.3 Å². The molecule has 0 fully saturated rings. The molecule has 0 unspecified atom stereocenters. The lowest BCUT2D eigenvalue weighted by Gasteiger charge is -2.09. The first-order valence-corrected chi connectivity index (χ1v) is 8.42. The molecule has 0 aliphatic carbocycles. The number of hydrogen-bond donors (Lipinski definition) is 1. The molecule has 0 radical (unpaired) electrons. The van der Waals surface area contributed by atoms with Crippen molar-refractivity contribution in [2.45, 2.75) is 13.5 Å². The van der Waals surface area contributed by atoms with E-state index in [1.807, 2.05) is 43.3 Å². The predicted molar refractivity (Wildman–Crippen MR) is 105 cm³/mol. The Bertz CT molecular complexity index is 1020. The largest absolute Gasteiger partial charge is 0.450 e. The molecule has 0 aliphatic heterocycles. The lowest BCUT2D eigenvalue weighted by Crippen LogP contribution is -1.99. The van der Waals surface area contributed by atoms with Crippen LogP contribution in [0.25, 0.3) is 0 Å². The maximum absolute atomic E-state index is 11.2. The molecular weight excluding hydrogens is 362 g/mol. The monoisotopic (exact) mass is 379 g/mol. The number of rotatable bonds is 7. The number of non-ortho nitro benzene ring substituents is 1. The van der Waals surface area contributed by atoms with Gasteiger partial charge < -0.3 is 10.1 Å². The molecular formula is C20H17N3O5. The van der Waals surface area contributed by atoms with E-state index in [0.717, 1.165) is 17.3 Å². The molecule has 3 aromatic carbocycles. The summed E-state index contributed by atoms with van der Waals surface area (Å²) in [7, 11) is 0. The Morgan fingerprint density at radius 2 is 1.68 bits per heavy atom. The van der Waals surface area contributed by atoms with Gasteiger partial charge in [-0.25, -0.2) is 0 Å². The Labute approximate surface area is 160 Å². The van der Waals surface area contributed by atoms with Crippen LogP contribution in [0.5, 0.6) is 11.5 Å². The lowest BCUT2D eigenvalue weighted by atomic mass is 10.2. The van der Waals surface area contributed by atoms with Crippen molar-refractivity contribution in [1.82, 2.24) is 0 Å². The van der Waals surface area contributed by atoms with Crippen LogP contribution >= 0.6 is 0 Å². The third kappa shape index (κ3) is 4.61. The van der Waals surface area contributed by atoms with Crippen molar-refractivity contribution in [3.05, 3.63) is 98.1 Å². The van der Waals surface area contributed by atoms with Crippen LogP contribution in [0.15, 0.2) is 66.7 Å². The molecule has 0 saturated carbocycles. The van der Waals surface area contributed by atoms with Gasteiger partial charge in [-0.3, -0.25) is 20.2 Å². The zero-order valence-corrected chi connectivity index (χ0v) is 15.0. The third-order valence-corrected chi connectivity index (χ3v) is 4.02. The van der Waals surface area contributed by atoms with Crippen molar-refractivity contribution in [2.24, 2.45) is 0 Å². The summed E-state index contributed by atoms with van der Waals surface area (Å²) in [5.74, 6) is 0.345. The number of nitro benzene ring substituents is 2. The summed E-state index contributed by atoms with van der Waals surface area (Å²) in [5.41, 5.74) is 2.36. The smallest absolute Gasteiger partial charge is 0.318 e. The average Bonchev–Trinajstić information content (AvgIpc) is 2.67. The Kier molecular flexibility index (Phi) is 5.50. The molecule has 1 N–H and O–H groups in total. The second kappa shape index (κ2) is 8.17. The Balaban J connectivity index is 1.70. The molecule has 0 amide bonds. The van der Waals surface area contributed by atoms with E-state index in [1.54, 1.807) is 12.1 Å². The molecule has 3 aromatic rings. The molecule has 0 aliphatic rings. The number of aryl methyl sites for hydroxylation is 1. The number of nitrogens with one attached hydrogen (secondary N) is 1. The fourth-order valence-corrected chi connectivity index (χ4v) is 2.61. The highest BCUT2D eigenvalue weighted by Gasteiger charge is 2.21. The van der Waals surface area contributed by atoms with Gasteiger partial charge in [0.05, 0.1) is 15.9 Å². The number of hydrogen-bond acceptors (Lipinski definition) is 6. The number of nitro groups is 2. The number of nitrogens with zero attached hydrogens (tertiary/aromatic N) is 2. The van der Waals surface area contributed by atoms with Gasteiger partial charge in [0.2, 0.25) is 5.75 Å². The van der Waals surface area contributed by atoms with E-state index in [2.05, 4.69) is 5.32 Å². The zero-order valence-electron chi connectivity index (χ0n) is 15.0. The first-order valence-electron chi connectivity index (χ1n) is 8.42. The molecule has 142 valence electrons. The summed E-state index contributed by atoms with van der Waals surface area (Å²) in [6.07, 6.45) is 0.